The van der Waals surface area contributed by atoms with E-state index in [-0.39, 0.29) is 24.7 Å². The van der Waals surface area contributed by atoms with Crippen LogP contribution in [0, 0.1) is 27.7 Å². The molecule has 6 aromatic heterocycles. The molecule has 4 aliphatic rings. The number of anilines is 12. The van der Waals surface area contributed by atoms with Crippen molar-refractivity contribution in [2.45, 2.75) is 120 Å². The van der Waals surface area contributed by atoms with Crippen molar-refractivity contribution in [1.82, 2.24) is 9.97 Å². The van der Waals surface area contributed by atoms with Gasteiger partial charge in [-0.15, -0.1) is 0 Å². The van der Waals surface area contributed by atoms with Crippen molar-refractivity contribution in [1.29, 1.82) is 0 Å². The number of hydrogen-bond acceptors (Lipinski definition) is 14. The van der Waals surface area contributed by atoms with Crippen LogP contribution in [0.1, 0.15) is 101 Å². The van der Waals surface area contributed by atoms with E-state index in [9.17, 15) is 0 Å². The van der Waals surface area contributed by atoms with Crippen molar-refractivity contribution >= 4 is 156 Å². The fourth-order valence-corrected chi connectivity index (χ4v) is 17.6. The van der Waals surface area contributed by atoms with Gasteiger partial charge in [-0.3, -0.25) is 0 Å². The predicted molar refractivity (Wildman–Crippen MR) is 467 cm³/mol. The molecule has 0 aliphatic carbocycles. The minimum atomic E-state index is 0.113. The van der Waals surface area contributed by atoms with E-state index in [1.807, 2.05) is 67.0 Å². The third-order valence-corrected chi connectivity index (χ3v) is 23.4. The standard InChI is InChI=1S/C29H32N2O.C27H22N2O.2C21H19N3O/c1-18(2)22-11-9-12-23(19(3)4)28(22)31-17-16-30(21(31)6)27-20(5)14-15-25-24-10-7-8-13-26(24)32-29(25)27;1-18-16-17-22-21-12-6-9-15-25(21)30-27(22)26(18)29-19(2)28(20-10-4-3-5-11-20)23-13-7-8-14-24(23)29;1-13-10-11-16-15-7-4-5-9-18(15)25-20(16)19(13)24-14(2)23(3)21-17(24)8-6-12-22-21;1-13-10-11-16-15-7-4-5-9-18(15)25-20(16)19(13)24-14(2)23(3)17-8-6-12-22-21(17)24/h7-19,21H,1-6H3;3-17,19H,1-2H3;2*4-12,14H,1-3H3. The molecule has 4 aliphatic heterocycles. The quantitative estimate of drug-likeness (QED) is 0.144. The predicted octanol–water partition coefficient (Wildman–Crippen LogP) is 26.3. The first-order valence-corrected chi connectivity index (χ1v) is 39.1. The molecular formula is C98H92N10O4. The van der Waals surface area contributed by atoms with Crippen molar-refractivity contribution in [2.75, 3.05) is 53.3 Å². The Morgan fingerprint density at radius 2 is 0.643 bits per heavy atom. The molecule has 0 saturated carbocycles. The second-order valence-electron chi connectivity index (χ2n) is 30.8. The second kappa shape index (κ2) is 28.2. The van der Waals surface area contributed by atoms with Gasteiger partial charge in [-0.1, -0.05) is 198 Å². The molecule has 14 heteroatoms. The Bertz CT molecular complexity index is 6300. The lowest BCUT2D eigenvalue weighted by molar-refractivity contribution is 0.660. The Balaban J connectivity index is 0.000000105. The largest absolute Gasteiger partial charge is 0.454 e. The minimum absolute atomic E-state index is 0.113. The summed E-state index contributed by atoms with van der Waals surface area (Å²) in [6.45, 7) is 26.7. The molecule has 558 valence electrons. The van der Waals surface area contributed by atoms with E-state index >= 15 is 0 Å². The minimum Gasteiger partial charge on any atom is -0.454 e. The first-order chi connectivity index (χ1) is 54.4. The Labute approximate surface area is 653 Å². The highest BCUT2D eigenvalue weighted by molar-refractivity contribution is 6.14. The molecule has 4 atom stereocenters. The van der Waals surface area contributed by atoms with E-state index in [1.54, 1.807) is 0 Å². The van der Waals surface area contributed by atoms with Gasteiger partial charge in [-0.25, -0.2) is 9.97 Å². The number of para-hydroxylation sites is 8. The second-order valence-corrected chi connectivity index (χ2v) is 30.8. The molecule has 0 saturated heterocycles. The number of benzene rings is 11. The van der Waals surface area contributed by atoms with E-state index < -0.39 is 0 Å². The van der Waals surface area contributed by atoms with Gasteiger partial charge in [0.1, 0.15) is 47.0 Å². The van der Waals surface area contributed by atoms with Crippen molar-refractivity contribution in [3.63, 3.8) is 0 Å². The van der Waals surface area contributed by atoms with E-state index in [1.165, 1.54) is 66.9 Å². The molecule has 0 bridgehead atoms. The number of nitrogens with zero attached hydrogens (tertiary/aromatic N) is 10. The summed E-state index contributed by atoms with van der Waals surface area (Å²) in [5.74, 6) is 2.90. The molecule has 17 aromatic rings. The molecule has 11 aromatic carbocycles. The first kappa shape index (κ1) is 70.7. The maximum Gasteiger partial charge on any atom is 0.159 e. The van der Waals surface area contributed by atoms with Crippen LogP contribution in [-0.2, 0) is 0 Å². The maximum atomic E-state index is 6.42. The normalized spacial score (nSPS) is 16.5. The van der Waals surface area contributed by atoms with Crippen LogP contribution in [0.25, 0.3) is 87.8 Å². The number of rotatable bonds is 8. The zero-order valence-electron chi connectivity index (χ0n) is 66.0. The third kappa shape index (κ3) is 11.5. The molecule has 0 spiro atoms. The summed E-state index contributed by atoms with van der Waals surface area (Å²) >= 11 is 0. The summed E-state index contributed by atoms with van der Waals surface area (Å²) in [5.41, 5.74) is 26.8. The Morgan fingerprint density at radius 3 is 1.11 bits per heavy atom. The molecule has 0 fully saturated rings. The van der Waals surface area contributed by atoms with Crippen LogP contribution in [-0.4, -0.2) is 48.7 Å². The molecular weight excluding hydrogens is 1380 g/mol. The van der Waals surface area contributed by atoms with Crippen LogP contribution < -0.4 is 39.2 Å². The topological polar surface area (TPSA) is 104 Å². The Kier molecular flexibility index (Phi) is 17.8. The molecule has 21 rings (SSSR count). The van der Waals surface area contributed by atoms with E-state index in [2.05, 4.69) is 347 Å². The van der Waals surface area contributed by atoms with Gasteiger partial charge in [-0.05, 0) is 173 Å². The highest BCUT2D eigenvalue weighted by Gasteiger charge is 2.40. The monoisotopic (exact) mass is 1470 g/mol. The molecule has 0 N–H and O–H groups in total. The molecule has 0 radical (unpaired) electrons. The van der Waals surface area contributed by atoms with Gasteiger partial charge in [0, 0.05) is 93.4 Å². The van der Waals surface area contributed by atoms with E-state index in [4.69, 9.17) is 17.7 Å². The fraction of sp³-hybridized carbons (Fsp3) is 0.204. The van der Waals surface area contributed by atoms with Gasteiger partial charge in [0.25, 0.3) is 0 Å². The van der Waals surface area contributed by atoms with Gasteiger partial charge >= 0.3 is 0 Å². The van der Waals surface area contributed by atoms with Gasteiger partial charge in [0.2, 0.25) is 0 Å². The summed E-state index contributed by atoms with van der Waals surface area (Å²) in [7, 11) is 4.20. The van der Waals surface area contributed by atoms with Crippen molar-refractivity contribution < 1.29 is 17.7 Å². The van der Waals surface area contributed by atoms with Crippen LogP contribution in [0.4, 0.5) is 68.5 Å². The molecule has 10 heterocycles. The summed E-state index contributed by atoms with van der Waals surface area (Å²) in [4.78, 5) is 27.9. The van der Waals surface area contributed by atoms with Crippen molar-refractivity contribution in [3.05, 3.63) is 301 Å². The number of fused-ring (bicyclic) bond motifs is 15. The third-order valence-electron chi connectivity index (χ3n) is 23.4. The lowest BCUT2D eigenvalue weighted by Crippen LogP contribution is -2.37. The highest BCUT2D eigenvalue weighted by Crippen LogP contribution is 2.54. The van der Waals surface area contributed by atoms with Crippen LogP contribution >= 0.6 is 0 Å². The number of pyridine rings is 2. The van der Waals surface area contributed by atoms with E-state index in [0.717, 1.165) is 123 Å². The molecule has 4 unspecified atom stereocenters. The average molecular weight is 1470 g/mol. The number of furan rings is 4. The SMILES string of the molecule is Cc1ccc2c(oc3ccccc32)c1N1C=CN(c2c(C(C)C)cccc2C(C)C)C1C.Cc1ccc2c(oc3ccccc32)c1N1c2ccccc2N(c2ccccc2)C1C.Cc1ccc2c(oc3ccccc32)c1N1c2cccnc2N(C)C1C.Cc1ccc2c(oc3ccccc32)c1N1c2ncccc2N(C)C1C. The first-order valence-electron chi connectivity index (χ1n) is 39.1. The number of aromatic nitrogens is 2. The Hall–Kier alpha value is -12.9. The lowest BCUT2D eigenvalue weighted by Gasteiger charge is -2.34. The van der Waals surface area contributed by atoms with Gasteiger partial charge in [-0.2, -0.15) is 0 Å². The van der Waals surface area contributed by atoms with Crippen LogP contribution in [0.3, 0.4) is 0 Å². The van der Waals surface area contributed by atoms with Gasteiger partial charge in [0.15, 0.2) is 34.0 Å². The lowest BCUT2D eigenvalue weighted by atomic mass is 9.92. The fourth-order valence-electron chi connectivity index (χ4n) is 17.6. The zero-order valence-corrected chi connectivity index (χ0v) is 66.0. The van der Waals surface area contributed by atoms with Crippen LogP contribution in [0.5, 0.6) is 0 Å². The summed E-state index contributed by atoms with van der Waals surface area (Å²) in [5, 5.41) is 9.28. The summed E-state index contributed by atoms with van der Waals surface area (Å²) in [6.07, 6.45) is 8.74. The van der Waals surface area contributed by atoms with Crippen LogP contribution in [0.2, 0.25) is 0 Å². The molecule has 112 heavy (non-hydrogen) atoms. The van der Waals surface area contributed by atoms with Gasteiger partial charge in [0.05, 0.1) is 45.5 Å². The van der Waals surface area contributed by atoms with Crippen molar-refractivity contribution in [2.24, 2.45) is 0 Å². The average Bonchev–Trinajstić information content (AvgIpc) is 1.59. The molecule has 14 nitrogen and oxygen atoms in total. The Morgan fingerprint density at radius 1 is 0.286 bits per heavy atom. The van der Waals surface area contributed by atoms with Crippen molar-refractivity contribution in [3.8, 4) is 0 Å². The molecule has 0 amide bonds. The maximum absolute atomic E-state index is 6.42. The van der Waals surface area contributed by atoms with Crippen LogP contribution in [0.15, 0.2) is 285 Å². The highest BCUT2D eigenvalue weighted by atomic mass is 16.3. The summed E-state index contributed by atoms with van der Waals surface area (Å²) < 4.78 is 25.4. The number of hydrogen-bond donors (Lipinski definition) is 0. The summed E-state index contributed by atoms with van der Waals surface area (Å²) in [6, 6.07) is 84.7. The zero-order chi connectivity index (χ0) is 77.1. The van der Waals surface area contributed by atoms with Gasteiger partial charge < -0.3 is 56.9 Å². The smallest absolute Gasteiger partial charge is 0.159 e. The number of aryl methyl sites for hydroxylation is 4. The van der Waals surface area contributed by atoms with E-state index in [0.29, 0.717) is 11.8 Å².